The fourth-order valence-electron chi connectivity index (χ4n) is 2.56. The quantitative estimate of drug-likeness (QED) is 0.252. The maximum absolute atomic E-state index is 12.3. The molecule has 0 aromatic heterocycles. The Bertz CT molecular complexity index is 998. The molecule has 0 radical (unpaired) electrons. The van der Waals surface area contributed by atoms with Gasteiger partial charge in [0.15, 0.2) is 0 Å². The van der Waals surface area contributed by atoms with Gasteiger partial charge in [-0.15, -0.1) is 0 Å². The molecule has 6 heteroatoms. The van der Waals surface area contributed by atoms with Crippen LogP contribution < -0.4 is 16.6 Å². The van der Waals surface area contributed by atoms with E-state index < -0.39 is 11.8 Å². The van der Waals surface area contributed by atoms with E-state index in [1.807, 2.05) is 23.6 Å². The van der Waals surface area contributed by atoms with E-state index >= 15 is 0 Å². The van der Waals surface area contributed by atoms with Gasteiger partial charge in [-0.1, -0.05) is 54.6 Å². The van der Waals surface area contributed by atoms with Gasteiger partial charge in [0.1, 0.15) is 11.4 Å². The lowest BCUT2D eigenvalue weighted by molar-refractivity contribution is -0.117. The lowest BCUT2D eigenvalue weighted by Crippen LogP contribution is -2.38. The third-order valence-electron chi connectivity index (χ3n) is 3.89. The van der Waals surface area contributed by atoms with Gasteiger partial charge < -0.3 is 10.4 Å². The van der Waals surface area contributed by atoms with Crippen LogP contribution in [0.3, 0.4) is 0 Å². The molecule has 0 aliphatic rings. The van der Waals surface area contributed by atoms with Crippen LogP contribution in [0, 0.1) is 0 Å². The maximum atomic E-state index is 12.3. The van der Waals surface area contributed by atoms with E-state index in [1.54, 1.807) is 48.5 Å². The molecule has 0 atom stereocenters. The predicted octanol–water partition coefficient (Wildman–Crippen LogP) is 2.31. The van der Waals surface area contributed by atoms with Crippen LogP contribution in [0.25, 0.3) is 16.8 Å². The number of nitrogens with one attached hydrogen (secondary N) is 2. The Morgan fingerprint density at radius 1 is 0.923 bits per heavy atom. The summed E-state index contributed by atoms with van der Waals surface area (Å²) in [4.78, 5) is 24.4. The first-order valence-electron chi connectivity index (χ1n) is 7.90. The Morgan fingerprint density at radius 3 is 2.35 bits per heavy atom. The first-order valence-corrected chi connectivity index (χ1v) is 7.90. The lowest BCUT2D eigenvalue weighted by Gasteiger charge is -2.10. The van der Waals surface area contributed by atoms with E-state index in [9.17, 15) is 14.7 Å². The van der Waals surface area contributed by atoms with Crippen LogP contribution in [0.5, 0.6) is 5.75 Å². The first-order chi connectivity index (χ1) is 12.6. The van der Waals surface area contributed by atoms with Gasteiger partial charge >= 0.3 is 0 Å². The van der Waals surface area contributed by atoms with E-state index in [1.165, 1.54) is 6.08 Å². The molecule has 0 spiro atoms. The van der Waals surface area contributed by atoms with E-state index in [2.05, 4.69) is 5.32 Å². The second-order valence-electron chi connectivity index (χ2n) is 5.58. The molecule has 26 heavy (non-hydrogen) atoms. The summed E-state index contributed by atoms with van der Waals surface area (Å²) >= 11 is 0. The van der Waals surface area contributed by atoms with Crippen molar-refractivity contribution in [1.29, 1.82) is 0 Å². The topological polar surface area (TPSA) is 104 Å². The van der Waals surface area contributed by atoms with E-state index in [4.69, 9.17) is 5.84 Å². The van der Waals surface area contributed by atoms with Crippen molar-refractivity contribution in [2.45, 2.75) is 0 Å². The Kier molecular flexibility index (Phi) is 4.96. The molecule has 0 bridgehead atoms. The summed E-state index contributed by atoms with van der Waals surface area (Å²) in [7, 11) is 0. The van der Waals surface area contributed by atoms with Gasteiger partial charge in [-0.2, -0.15) is 0 Å². The average Bonchev–Trinajstić information content (AvgIpc) is 2.69. The van der Waals surface area contributed by atoms with Crippen molar-refractivity contribution in [2.24, 2.45) is 5.84 Å². The molecule has 0 saturated carbocycles. The van der Waals surface area contributed by atoms with Crippen LogP contribution in [0.4, 0.5) is 0 Å². The Morgan fingerprint density at radius 2 is 1.62 bits per heavy atom. The fourth-order valence-corrected chi connectivity index (χ4v) is 2.56. The summed E-state index contributed by atoms with van der Waals surface area (Å²) in [6.07, 6.45) is 1.38. The number of phenolic OH excluding ortho intramolecular Hbond substituents is 1. The third-order valence-corrected chi connectivity index (χ3v) is 3.89. The number of nitrogens with two attached hydrogens (primary N) is 1. The highest BCUT2D eigenvalue weighted by Crippen LogP contribution is 2.29. The number of hydrazine groups is 1. The largest absolute Gasteiger partial charge is 0.507 e. The molecule has 3 aromatic carbocycles. The molecule has 5 N–H and O–H groups in total. The Labute approximate surface area is 149 Å². The van der Waals surface area contributed by atoms with Crippen LogP contribution in [-0.4, -0.2) is 16.9 Å². The summed E-state index contributed by atoms with van der Waals surface area (Å²) in [6, 6.07) is 19.3. The number of carbonyl (C=O) groups is 2. The average molecular weight is 347 g/mol. The van der Waals surface area contributed by atoms with Gasteiger partial charge in [0, 0.05) is 16.5 Å². The summed E-state index contributed by atoms with van der Waals surface area (Å²) in [5.74, 6) is 4.09. The van der Waals surface area contributed by atoms with E-state index in [0.29, 0.717) is 16.5 Å². The highest BCUT2D eigenvalue weighted by molar-refractivity contribution is 6.05. The summed E-state index contributed by atoms with van der Waals surface area (Å²) < 4.78 is 0. The number of fused-ring (bicyclic) bond motifs is 1. The first kappa shape index (κ1) is 17.2. The van der Waals surface area contributed by atoms with E-state index in [-0.39, 0.29) is 11.4 Å². The zero-order valence-electron chi connectivity index (χ0n) is 13.8. The molecular formula is C20H17N3O3. The molecule has 0 fully saturated rings. The molecular weight excluding hydrogens is 330 g/mol. The minimum Gasteiger partial charge on any atom is -0.507 e. The standard InChI is InChI=1S/C20H17N3O3/c21-23-20(26)17(22-19(25)14-7-2-1-3-8-14)12-15-11-10-13-6-4-5-9-16(13)18(15)24/h1-12,24H,21H2,(H,22,25)(H,23,26)/b17-12-. The van der Waals surface area contributed by atoms with Gasteiger partial charge in [0.25, 0.3) is 11.8 Å². The van der Waals surface area contributed by atoms with Crippen molar-refractivity contribution in [3.63, 3.8) is 0 Å². The normalized spacial score (nSPS) is 11.2. The monoisotopic (exact) mass is 347 g/mol. The molecule has 0 saturated heterocycles. The number of phenols is 1. The van der Waals surface area contributed by atoms with E-state index in [0.717, 1.165) is 5.39 Å². The number of carbonyl (C=O) groups excluding carboxylic acids is 2. The number of aromatic hydroxyl groups is 1. The number of hydrogen-bond donors (Lipinski definition) is 4. The summed E-state index contributed by atoms with van der Waals surface area (Å²) in [5, 5.41) is 14.5. The number of rotatable bonds is 4. The smallest absolute Gasteiger partial charge is 0.281 e. The summed E-state index contributed by atoms with van der Waals surface area (Å²) in [6.45, 7) is 0. The van der Waals surface area contributed by atoms with Crippen molar-refractivity contribution >= 4 is 28.7 Å². The van der Waals surface area contributed by atoms with Crippen molar-refractivity contribution in [3.8, 4) is 5.75 Å². The minimum absolute atomic E-state index is 0.0133. The number of hydrogen-bond acceptors (Lipinski definition) is 4. The minimum atomic E-state index is -0.679. The van der Waals surface area contributed by atoms with Gasteiger partial charge in [-0.05, 0) is 23.6 Å². The summed E-state index contributed by atoms with van der Waals surface area (Å²) in [5.41, 5.74) is 2.70. The highest BCUT2D eigenvalue weighted by Gasteiger charge is 2.15. The van der Waals surface area contributed by atoms with Crippen molar-refractivity contribution in [3.05, 3.63) is 83.6 Å². The van der Waals surface area contributed by atoms with Crippen LogP contribution in [0.1, 0.15) is 15.9 Å². The number of amides is 2. The molecule has 130 valence electrons. The zero-order chi connectivity index (χ0) is 18.5. The SMILES string of the molecule is NNC(=O)/C(=C/c1ccc2ccccc2c1O)NC(=O)c1ccccc1. The van der Waals surface area contributed by atoms with Crippen LogP contribution >= 0.6 is 0 Å². The molecule has 0 aliphatic heterocycles. The highest BCUT2D eigenvalue weighted by atomic mass is 16.3. The molecule has 2 amide bonds. The third kappa shape index (κ3) is 3.55. The molecule has 3 aromatic rings. The van der Waals surface area contributed by atoms with Crippen molar-refractivity contribution in [1.82, 2.24) is 10.7 Å². The second kappa shape index (κ2) is 7.50. The Hall–Kier alpha value is -3.64. The molecule has 6 nitrogen and oxygen atoms in total. The van der Waals surface area contributed by atoms with Crippen LogP contribution in [0.15, 0.2) is 72.4 Å². The van der Waals surface area contributed by atoms with Crippen molar-refractivity contribution in [2.75, 3.05) is 0 Å². The van der Waals surface area contributed by atoms with Crippen LogP contribution in [0.2, 0.25) is 0 Å². The molecule has 0 heterocycles. The van der Waals surface area contributed by atoms with Gasteiger partial charge in [-0.3, -0.25) is 15.0 Å². The van der Waals surface area contributed by atoms with Gasteiger partial charge in [-0.25, -0.2) is 5.84 Å². The number of benzene rings is 3. The maximum Gasteiger partial charge on any atom is 0.281 e. The van der Waals surface area contributed by atoms with Crippen LogP contribution in [-0.2, 0) is 4.79 Å². The van der Waals surface area contributed by atoms with Gasteiger partial charge in [0.2, 0.25) is 0 Å². The lowest BCUT2D eigenvalue weighted by atomic mass is 10.0. The predicted molar refractivity (Wildman–Crippen MR) is 99.8 cm³/mol. The zero-order valence-corrected chi connectivity index (χ0v) is 13.8. The van der Waals surface area contributed by atoms with Crippen molar-refractivity contribution < 1.29 is 14.7 Å². The molecule has 3 rings (SSSR count). The Balaban J connectivity index is 1.99. The fraction of sp³-hybridized carbons (Fsp3) is 0. The molecule has 0 unspecified atom stereocenters. The second-order valence-corrected chi connectivity index (χ2v) is 5.58. The molecule has 0 aliphatic carbocycles. The van der Waals surface area contributed by atoms with Gasteiger partial charge in [0.05, 0.1) is 0 Å².